The molecule has 160 valence electrons. The summed E-state index contributed by atoms with van der Waals surface area (Å²) in [5, 5.41) is 4.06. The van der Waals surface area contributed by atoms with E-state index in [1.165, 1.54) is 0 Å². The fourth-order valence-corrected chi connectivity index (χ4v) is 3.31. The van der Waals surface area contributed by atoms with Crippen LogP contribution in [0.5, 0.6) is 17.2 Å². The minimum Gasteiger partial charge on any atom is -0.496 e. The van der Waals surface area contributed by atoms with E-state index in [4.69, 9.17) is 14.2 Å². The smallest absolute Gasteiger partial charge is 0.271 e. The van der Waals surface area contributed by atoms with Crippen molar-refractivity contribution in [1.82, 2.24) is 5.43 Å². The SMILES string of the molecule is CCOc1cc(/C=N\NC(=O)c2ccc(I)c(OC)c2)ccc1OCc1ccccc1. The summed E-state index contributed by atoms with van der Waals surface area (Å²) in [5.41, 5.74) is 4.85. The van der Waals surface area contributed by atoms with Gasteiger partial charge in [0.05, 0.1) is 23.5 Å². The number of benzene rings is 3. The van der Waals surface area contributed by atoms with Crippen molar-refractivity contribution in [1.29, 1.82) is 0 Å². The van der Waals surface area contributed by atoms with Gasteiger partial charge in [-0.2, -0.15) is 5.10 Å². The molecule has 0 fully saturated rings. The summed E-state index contributed by atoms with van der Waals surface area (Å²) >= 11 is 2.15. The summed E-state index contributed by atoms with van der Waals surface area (Å²) in [6.45, 7) is 2.87. The Morgan fingerprint density at radius 2 is 1.81 bits per heavy atom. The van der Waals surface area contributed by atoms with Gasteiger partial charge in [0.25, 0.3) is 5.91 Å². The van der Waals surface area contributed by atoms with E-state index in [-0.39, 0.29) is 5.91 Å². The van der Waals surface area contributed by atoms with Crippen molar-refractivity contribution in [3.05, 3.63) is 87.0 Å². The number of amides is 1. The molecule has 1 N–H and O–H groups in total. The Balaban J connectivity index is 1.66. The maximum absolute atomic E-state index is 12.3. The van der Waals surface area contributed by atoms with E-state index >= 15 is 0 Å². The lowest BCUT2D eigenvalue weighted by Gasteiger charge is -2.12. The van der Waals surface area contributed by atoms with Crippen LogP contribution in [0.1, 0.15) is 28.4 Å². The van der Waals surface area contributed by atoms with Gasteiger partial charge in [-0.1, -0.05) is 30.3 Å². The van der Waals surface area contributed by atoms with E-state index in [0.29, 0.717) is 36.0 Å². The Morgan fingerprint density at radius 1 is 1.00 bits per heavy atom. The number of carbonyl (C=O) groups is 1. The van der Waals surface area contributed by atoms with Crippen molar-refractivity contribution in [2.75, 3.05) is 13.7 Å². The summed E-state index contributed by atoms with van der Waals surface area (Å²) in [4.78, 5) is 12.3. The molecular weight excluding hydrogens is 507 g/mol. The highest BCUT2D eigenvalue weighted by molar-refractivity contribution is 14.1. The second-order valence-electron chi connectivity index (χ2n) is 6.46. The van der Waals surface area contributed by atoms with Crippen molar-refractivity contribution < 1.29 is 19.0 Å². The first kappa shape index (κ1) is 22.6. The molecule has 1 amide bonds. The van der Waals surface area contributed by atoms with Crippen LogP contribution >= 0.6 is 22.6 Å². The summed E-state index contributed by atoms with van der Waals surface area (Å²) in [6, 6.07) is 20.7. The molecule has 0 atom stereocenters. The van der Waals surface area contributed by atoms with Crippen molar-refractivity contribution in [2.24, 2.45) is 5.10 Å². The predicted octanol–water partition coefficient (Wildman–Crippen LogP) is 5.04. The number of carbonyl (C=O) groups excluding carboxylic acids is 1. The normalized spacial score (nSPS) is 10.7. The molecule has 0 radical (unpaired) electrons. The summed E-state index contributed by atoms with van der Waals surface area (Å²) in [6.07, 6.45) is 1.56. The van der Waals surface area contributed by atoms with Gasteiger partial charge in [-0.05, 0) is 77.0 Å². The van der Waals surface area contributed by atoms with Crippen LogP contribution < -0.4 is 19.6 Å². The van der Waals surface area contributed by atoms with E-state index in [1.807, 2.05) is 61.5 Å². The first-order chi connectivity index (χ1) is 15.1. The highest BCUT2D eigenvalue weighted by atomic mass is 127. The molecule has 0 saturated carbocycles. The molecule has 7 heteroatoms. The number of nitrogens with zero attached hydrogens (tertiary/aromatic N) is 1. The summed E-state index contributed by atoms with van der Waals surface area (Å²) in [7, 11) is 1.57. The highest BCUT2D eigenvalue weighted by Gasteiger charge is 2.09. The molecule has 0 aromatic heterocycles. The van der Waals surface area contributed by atoms with Crippen LogP contribution in [0.3, 0.4) is 0 Å². The highest BCUT2D eigenvalue weighted by Crippen LogP contribution is 2.29. The Labute approximate surface area is 195 Å². The van der Waals surface area contributed by atoms with Gasteiger partial charge in [0.2, 0.25) is 0 Å². The van der Waals surface area contributed by atoms with Gasteiger partial charge in [0, 0.05) is 5.56 Å². The molecular formula is C24H23IN2O4. The van der Waals surface area contributed by atoms with E-state index in [2.05, 4.69) is 33.1 Å². The van der Waals surface area contributed by atoms with Crippen LogP contribution in [0.4, 0.5) is 0 Å². The predicted molar refractivity (Wildman–Crippen MR) is 129 cm³/mol. The molecule has 3 aromatic rings. The average molecular weight is 530 g/mol. The maximum atomic E-state index is 12.3. The van der Waals surface area contributed by atoms with Gasteiger partial charge >= 0.3 is 0 Å². The van der Waals surface area contributed by atoms with Gasteiger partial charge in [-0.15, -0.1) is 0 Å². The first-order valence-electron chi connectivity index (χ1n) is 9.71. The van der Waals surface area contributed by atoms with E-state index in [1.54, 1.807) is 25.5 Å². The van der Waals surface area contributed by atoms with Gasteiger partial charge in [-0.3, -0.25) is 4.79 Å². The van der Waals surface area contributed by atoms with Crippen molar-refractivity contribution in [3.63, 3.8) is 0 Å². The van der Waals surface area contributed by atoms with Gasteiger partial charge in [0.1, 0.15) is 12.4 Å². The molecule has 3 rings (SSSR count). The second kappa shape index (κ2) is 11.4. The number of hydrogen-bond donors (Lipinski definition) is 1. The molecule has 0 heterocycles. The Bertz CT molecular complexity index is 1050. The number of hydrazone groups is 1. The first-order valence-corrected chi connectivity index (χ1v) is 10.8. The molecule has 6 nitrogen and oxygen atoms in total. The molecule has 0 spiro atoms. The van der Waals surface area contributed by atoms with Crippen LogP contribution in [0.15, 0.2) is 71.8 Å². The summed E-state index contributed by atoms with van der Waals surface area (Å²) in [5.74, 6) is 1.59. The zero-order valence-corrected chi connectivity index (χ0v) is 19.5. The fraction of sp³-hybridized carbons (Fsp3) is 0.167. The number of nitrogens with one attached hydrogen (secondary N) is 1. The van der Waals surface area contributed by atoms with E-state index < -0.39 is 0 Å². The minimum atomic E-state index is -0.321. The van der Waals surface area contributed by atoms with Crippen LogP contribution in [0.2, 0.25) is 0 Å². The van der Waals surface area contributed by atoms with Gasteiger partial charge in [-0.25, -0.2) is 5.43 Å². The van der Waals surface area contributed by atoms with Crippen LogP contribution in [-0.2, 0) is 6.61 Å². The van der Waals surface area contributed by atoms with Gasteiger partial charge < -0.3 is 14.2 Å². The van der Waals surface area contributed by atoms with Crippen LogP contribution in [-0.4, -0.2) is 25.8 Å². The zero-order chi connectivity index (χ0) is 22.1. The fourth-order valence-electron chi connectivity index (χ4n) is 2.76. The standard InChI is InChI=1S/C24H23IN2O4/c1-3-30-23-13-18(9-12-21(23)31-16-17-7-5-4-6-8-17)15-26-27-24(28)19-10-11-20(25)22(14-19)29-2/h4-15H,3,16H2,1-2H3,(H,27,28)/b26-15-. The van der Waals surface area contributed by atoms with Gasteiger partial charge in [0.15, 0.2) is 11.5 Å². The van der Waals surface area contributed by atoms with Crippen molar-refractivity contribution in [3.8, 4) is 17.2 Å². The number of halogens is 1. The van der Waals surface area contributed by atoms with Crippen molar-refractivity contribution in [2.45, 2.75) is 13.5 Å². The quantitative estimate of drug-likeness (QED) is 0.239. The van der Waals surface area contributed by atoms with E-state index in [0.717, 1.165) is 14.7 Å². The monoisotopic (exact) mass is 530 g/mol. The molecule has 0 unspecified atom stereocenters. The number of ether oxygens (including phenoxy) is 3. The largest absolute Gasteiger partial charge is 0.496 e. The molecule has 0 aliphatic carbocycles. The zero-order valence-electron chi connectivity index (χ0n) is 17.3. The molecule has 0 bridgehead atoms. The average Bonchev–Trinajstić information content (AvgIpc) is 2.79. The topological polar surface area (TPSA) is 69.2 Å². The van der Waals surface area contributed by atoms with Crippen LogP contribution in [0.25, 0.3) is 0 Å². The lowest BCUT2D eigenvalue weighted by Crippen LogP contribution is -2.17. The third-order valence-electron chi connectivity index (χ3n) is 4.30. The number of hydrogen-bond acceptors (Lipinski definition) is 5. The number of methoxy groups -OCH3 is 1. The molecule has 31 heavy (non-hydrogen) atoms. The third-order valence-corrected chi connectivity index (χ3v) is 5.19. The molecule has 3 aromatic carbocycles. The third kappa shape index (κ3) is 6.45. The Morgan fingerprint density at radius 3 is 2.55 bits per heavy atom. The Kier molecular flexibility index (Phi) is 8.28. The number of rotatable bonds is 9. The Hall–Kier alpha value is -3.07. The van der Waals surface area contributed by atoms with Crippen LogP contribution in [0, 0.1) is 3.57 Å². The van der Waals surface area contributed by atoms with E-state index in [9.17, 15) is 4.79 Å². The minimum absolute atomic E-state index is 0.321. The molecule has 0 saturated heterocycles. The summed E-state index contributed by atoms with van der Waals surface area (Å²) < 4.78 is 17.8. The lowest BCUT2D eigenvalue weighted by atomic mass is 10.2. The second-order valence-corrected chi connectivity index (χ2v) is 7.62. The molecule has 0 aliphatic rings. The van der Waals surface area contributed by atoms with Crippen molar-refractivity contribution >= 4 is 34.7 Å². The molecule has 0 aliphatic heterocycles. The maximum Gasteiger partial charge on any atom is 0.271 e. The lowest BCUT2D eigenvalue weighted by molar-refractivity contribution is 0.0954.